The molecule has 0 aliphatic heterocycles. The first-order chi connectivity index (χ1) is 17.2. The summed E-state index contributed by atoms with van der Waals surface area (Å²) >= 11 is 1.36. The number of carbonyl (C=O) groups is 1. The summed E-state index contributed by atoms with van der Waals surface area (Å²) in [7, 11) is 0. The molecule has 6 nitrogen and oxygen atoms in total. The maximum absolute atomic E-state index is 12.7. The Morgan fingerprint density at radius 2 is 1.72 bits per heavy atom. The van der Waals surface area contributed by atoms with Crippen LogP contribution in [0, 0.1) is 6.92 Å². The van der Waals surface area contributed by atoms with Crippen LogP contribution in [0.15, 0.2) is 78.0 Å². The number of carbonyl (C=O) groups excluding carboxylic acids is 1. The van der Waals surface area contributed by atoms with Crippen LogP contribution in [0.5, 0.6) is 5.75 Å². The zero-order valence-corrected chi connectivity index (χ0v) is 22.2. The van der Waals surface area contributed by atoms with Gasteiger partial charge in [-0.3, -0.25) is 9.36 Å². The largest absolute Gasteiger partial charge is 0.494 e. The van der Waals surface area contributed by atoms with Crippen molar-refractivity contribution >= 4 is 23.4 Å². The highest BCUT2D eigenvalue weighted by Gasteiger charge is 2.19. The van der Waals surface area contributed by atoms with Crippen LogP contribution >= 0.6 is 11.8 Å². The first-order valence-electron chi connectivity index (χ1n) is 12.0. The van der Waals surface area contributed by atoms with Gasteiger partial charge in [-0.15, -0.1) is 10.2 Å². The van der Waals surface area contributed by atoms with Crippen molar-refractivity contribution < 1.29 is 9.53 Å². The lowest BCUT2D eigenvalue weighted by Crippen LogP contribution is -2.14. The predicted octanol–water partition coefficient (Wildman–Crippen LogP) is 6.67. The summed E-state index contributed by atoms with van der Waals surface area (Å²) in [5, 5.41) is 12.6. The Kier molecular flexibility index (Phi) is 7.79. The molecule has 36 heavy (non-hydrogen) atoms. The fourth-order valence-corrected chi connectivity index (χ4v) is 4.56. The Morgan fingerprint density at radius 3 is 2.36 bits per heavy atom. The molecule has 1 aromatic heterocycles. The van der Waals surface area contributed by atoms with Gasteiger partial charge in [-0.2, -0.15) is 0 Å². The molecule has 0 saturated carbocycles. The van der Waals surface area contributed by atoms with E-state index < -0.39 is 0 Å². The van der Waals surface area contributed by atoms with Gasteiger partial charge in [-0.25, -0.2) is 0 Å². The van der Waals surface area contributed by atoms with Crippen molar-refractivity contribution in [2.24, 2.45) is 0 Å². The average Bonchev–Trinajstić information content (AvgIpc) is 3.27. The third kappa shape index (κ3) is 6.15. The van der Waals surface area contributed by atoms with Crippen LogP contribution in [0.3, 0.4) is 0 Å². The Balaban J connectivity index is 1.62. The van der Waals surface area contributed by atoms with Crippen molar-refractivity contribution in [2.75, 3.05) is 17.7 Å². The predicted molar refractivity (Wildman–Crippen MR) is 147 cm³/mol. The van der Waals surface area contributed by atoms with E-state index in [0.717, 1.165) is 34.1 Å². The maximum Gasteiger partial charge on any atom is 0.234 e. The Hall–Kier alpha value is -3.58. The second-order valence-corrected chi connectivity index (χ2v) is 10.5. The molecule has 0 aliphatic rings. The lowest BCUT2D eigenvalue weighted by molar-refractivity contribution is -0.113. The minimum atomic E-state index is -0.0945. The van der Waals surface area contributed by atoms with E-state index in [0.29, 0.717) is 11.8 Å². The fourth-order valence-electron chi connectivity index (χ4n) is 3.81. The SMILES string of the molecule is CCOc1ccc(-n2c(SCC(=O)Nc3cccc(C)c3)nnc2-c2ccc(C(C)(C)C)cc2)cc1. The standard InChI is InChI=1S/C29H32N4O2S/c1-6-35-25-16-14-24(15-17-25)33-27(21-10-12-22(13-11-21)29(3,4)5)31-32-28(33)36-19-26(34)30-23-9-7-8-20(2)18-23/h7-18H,6,19H2,1-5H3,(H,30,34). The molecule has 0 unspecified atom stereocenters. The molecule has 0 saturated heterocycles. The van der Waals surface area contributed by atoms with Crippen LogP contribution in [-0.4, -0.2) is 33.0 Å². The second kappa shape index (κ2) is 11.0. The summed E-state index contributed by atoms with van der Waals surface area (Å²) in [5.41, 5.74) is 5.06. The van der Waals surface area contributed by atoms with Gasteiger partial charge >= 0.3 is 0 Å². The van der Waals surface area contributed by atoms with Gasteiger partial charge in [0.1, 0.15) is 5.75 Å². The molecular weight excluding hydrogens is 468 g/mol. The zero-order chi connectivity index (χ0) is 25.7. The van der Waals surface area contributed by atoms with Gasteiger partial charge < -0.3 is 10.1 Å². The number of aryl methyl sites for hydroxylation is 1. The topological polar surface area (TPSA) is 69.0 Å². The minimum Gasteiger partial charge on any atom is -0.494 e. The first kappa shape index (κ1) is 25.5. The number of aromatic nitrogens is 3. The van der Waals surface area contributed by atoms with Gasteiger partial charge in [-0.1, -0.05) is 68.9 Å². The van der Waals surface area contributed by atoms with Gasteiger partial charge in [0, 0.05) is 16.9 Å². The molecule has 0 radical (unpaired) electrons. The molecule has 3 aromatic carbocycles. The second-order valence-electron chi connectivity index (χ2n) is 9.60. The number of rotatable bonds is 8. The van der Waals surface area contributed by atoms with Crippen molar-refractivity contribution in [1.82, 2.24) is 14.8 Å². The maximum atomic E-state index is 12.7. The van der Waals surface area contributed by atoms with Crippen LogP contribution in [0.1, 0.15) is 38.8 Å². The monoisotopic (exact) mass is 500 g/mol. The molecule has 0 bridgehead atoms. The van der Waals surface area contributed by atoms with E-state index in [-0.39, 0.29) is 17.1 Å². The third-order valence-electron chi connectivity index (χ3n) is 5.68. The van der Waals surface area contributed by atoms with Crippen LogP contribution in [-0.2, 0) is 10.2 Å². The molecule has 4 rings (SSSR count). The molecule has 0 fully saturated rings. The van der Waals surface area contributed by atoms with Crippen LogP contribution in [0.25, 0.3) is 17.1 Å². The first-order valence-corrected chi connectivity index (χ1v) is 13.0. The molecule has 186 valence electrons. The van der Waals surface area contributed by atoms with Crippen molar-refractivity contribution in [1.29, 1.82) is 0 Å². The molecule has 7 heteroatoms. The fraction of sp³-hybridized carbons (Fsp3) is 0.276. The molecule has 0 aliphatic carbocycles. The average molecular weight is 501 g/mol. The lowest BCUT2D eigenvalue weighted by Gasteiger charge is -2.19. The van der Waals surface area contributed by atoms with Crippen LogP contribution in [0.4, 0.5) is 5.69 Å². The van der Waals surface area contributed by atoms with E-state index >= 15 is 0 Å². The van der Waals surface area contributed by atoms with Gasteiger partial charge in [-0.05, 0) is 66.8 Å². The van der Waals surface area contributed by atoms with Crippen LogP contribution < -0.4 is 10.1 Å². The van der Waals surface area contributed by atoms with E-state index in [1.54, 1.807) is 0 Å². The summed E-state index contributed by atoms with van der Waals surface area (Å²) < 4.78 is 7.61. The Labute approximate surface area is 217 Å². The number of nitrogens with zero attached hydrogens (tertiary/aromatic N) is 3. The van der Waals surface area contributed by atoms with Crippen molar-refractivity contribution in [3.63, 3.8) is 0 Å². The molecule has 4 aromatic rings. The highest BCUT2D eigenvalue weighted by atomic mass is 32.2. The number of benzene rings is 3. The molecular formula is C29H32N4O2S. The van der Waals surface area contributed by atoms with Crippen LogP contribution in [0.2, 0.25) is 0 Å². The number of thioether (sulfide) groups is 1. The smallest absolute Gasteiger partial charge is 0.234 e. The molecule has 1 amide bonds. The zero-order valence-electron chi connectivity index (χ0n) is 21.4. The summed E-state index contributed by atoms with van der Waals surface area (Å²) in [6, 6.07) is 24.0. The molecule has 1 heterocycles. The quantitative estimate of drug-likeness (QED) is 0.274. The number of amides is 1. The van der Waals surface area contributed by atoms with E-state index in [4.69, 9.17) is 4.74 Å². The highest BCUT2D eigenvalue weighted by molar-refractivity contribution is 7.99. The Morgan fingerprint density at radius 1 is 1.00 bits per heavy atom. The normalized spacial score (nSPS) is 11.4. The third-order valence-corrected chi connectivity index (χ3v) is 6.61. The number of hydrogen-bond donors (Lipinski definition) is 1. The van der Waals surface area contributed by atoms with Crippen molar-refractivity contribution in [3.8, 4) is 22.8 Å². The van der Waals surface area contributed by atoms with E-state index in [9.17, 15) is 4.79 Å². The van der Waals surface area contributed by atoms with Gasteiger partial charge in [0.25, 0.3) is 0 Å². The Bertz CT molecular complexity index is 1320. The summed E-state index contributed by atoms with van der Waals surface area (Å²) in [5.74, 6) is 1.65. The van der Waals surface area contributed by atoms with Gasteiger partial charge in [0.05, 0.1) is 12.4 Å². The van der Waals surface area contributed by atoms with E-state index in [1.165, 1.54) is 17.3 Å². The van der Waals surface area contributed by atoms with E-state index in [1.807, 2.05) is 66.9 Å². The summed E-state index contributed by atoms with van der Waals surface area (Å²) in [6.07, 6.45) is 0. The van der Waals surface area contributed by atoms with Gasteiger partial charge in [0.15, 0.2) is 11.0 Å². The highest BCUT2D eigenvalue weighted by Crippen LogP contribution is 2.31. The number of nitrogens with one attached hydrogen (secondary N) is 1. The summed E-state index contributed by atoms with van der Waals surface area (Å²) in [4.78, 5) is 12.7. The lowest BCUT2D eigenvalue weighted by atomic mass is 9.87. The summed E-state index contributed by atoms with van der Waals surface area (Å²) in [6.45, 7) is 11.2. The molecule has 0 atom stereocenters. The minimum absolute atomic E-state index is 0.0625. The van der Waals surface area contributed by atoms with Gasteiger partial charge in [0.2, 0.25) is 5.91 Å². The molecule has 1 N–H and O–H groups in total. The number of anilines is 1. The van der Waals surface area contributed by atoms with Crippen molar-refractivity contribution in [3.05, 3.63) is 83.9 Å². The number of ether oxygens (including phenoxy) is 1. The number of hydrogen-bond acceptors (Lipinski definition) is 5. The van der Waals surface area contributed by atoms with E-state index in [2.05, 4.69) is 60.6 Å². The molecule has 0 spiro atoms. The van der Waals surface area contributed by atoms with Crippen molar-refractivity contribution in [2.45, 2.75) is 45.2 Å².